The Hall–Kier alpha value is -1.60. The number of esters is 1. The normalized spacial score (nSPS) is 37.3. The quantitative estimate of drug-likeness (QED) is 0.225. The summed E-state index contributed by atoms with van der Waals surface area (Å²) >= 11 is 5.07. The zero-order chi connectivity index (χ0) is 26.1. The summed E-state index contributed by atoms with van der Waals surface area (Å²) in [5.41, 5.74) is -0.161. The molecule has 3 fully saturated rings. The Balaban J connectivity index is 1.54. The van der Waals surface area contributed by atoms with Crippen LogP contribution in [0, 0.1) is 28.6 Å². The van der Waals surface area contributed by atoms with Gasteiger partial charge in [0, 0.05) is 24.7 Å². The molecule has 200 valence electrons. The van der Waals surface area contributed by atoms with Gasteiger partial charge in [0.15, 0.2) is 16.4 Å². The third-order valence-electron chi connectivity index (χ3n) is 10.1. The molecule has 3 saturated carbocycles. The summed E-state index contributed by atoms with van der Waals surface area (Å²) in [6.07, 6.45) is 9.64. The lowest BCUT2D eigenvalue weighted by atomic mass is 9.46. The van der Waals surface area contributed by atoms with E-state index in [4.69, 9.17) is 26.4 Å². The Morgan fingerprint density at radius 3 is 2.47 bits per heavy atom. The Labute approximate surface area is 220 Å². The molecule has 0 saturated heterocycles. The van der Waals surface area contributed by atoms with Crippen molar-refractivity contribution >= 4 is 34.8 Å². The van der Waals surface area contributed by atoms with E-state index in [1.165, 1.54) is 5.57 Å². The third-order valence-corrected chi connectivity index (χ3v) is 10.5. The van der Waals surface area contributed by atoms with E-state index in [1.54, 1.807) is 6.92 Å². The van der Waals surface area contributed by atoms with E-state index < -0.39 is 11.0 Å². The molecule has 36 heavy (non-hydrogen) atoms. The van der Waals surface area contributed by atoms with Crippen LogP contribution in [0.5, 0.6) is 0 Å². The zero-order valence-electron chi connectivity index (χ0n) is 22.4. The van der Waals surface area contributed by atoms with E-state index in [0.29, 0.717) is 48.7 Å². The standard InChI is InChI=1S/C29H42O6S/c1-5-25(32)35-29(24(31)18-33-15-16-34-26(36)6-2)14-11-23-21-8-7-19-17-20(30)9-12-27(19,3)22(21)10-13-28(23,29)4/h17,21-23H,5-16,18H2,1-4H3/t21-,22+,23+,27+,28+,29+/m1/s1. The average Bonchev–Trinajstić information content (AvgIpc) is 3.16. The fourth-order valence-electron chi connectivity index (χ4n) is 8.10. The second-order valence-electron chi connectivity index (χ2n) is 11.7. The van der Waals surface area contributed by atoms with Crippen LogP contribution in [0.15, 0.2) is 11.6 Å². The molecule has 0 unspecified atom stereocenters. The lowest BCUT2D eigenvalue weighted by Crippen LogP contribution is -2.60. The summed E-state index contributed by atoms with van der Waals surface area (Å²) in [6.45, 7) is 8.72. The number of thiocarbonyl (C=S) groups is 1. The number of rotatable bonds is 9. The van der Waals surface area contributed by atoms with Gasteiger partial charge in [-0.2, -0.15) is 0 Å². The number of Topliss-reactive ketones (excluding diaryl/α,β-unsaturated/α-hetero) is 1. The van der Waals surface area contributed by atoms with Crippen LogP contribution in [0.25, 0.3) is 0 Å². The van der Waals surface area contributed by atoms with Crippen molar-refractivity contribution in [1.29, 1.82) is 0 Å². The molecule has 0 aromatic rings. The SMILES string of the molecule is CCC(=O)O[C@]1(C(=O)COCCOC(=S)CC)CC[C@H]2[C@@H]3CCC4=CC(=O)CC[C@]4(C)[C@H]3CC[C@@]21C. The lowest BCUT2D eigenvalue weighted by molar-refractivity contribution is -0.192. The Kier molecular flexibility index (Phi) is 8.11. The van der Waals surface area contributed by atoms with E-state index in [-0.39, 0.29) is 42.6 Å². The Morgan fingerprint density at radius 1 is 1.00 bits per heavy atom. The summed E-state index contributed by atoms with van der Waals surface area (Å²) in [4.78, 5) is 38.6. The van der Waals surface area contributed by atoms with Crippen LogP contribution in [0.2, 0.25) is 0 Å². The van der Waals surface area contributed by atoms with Crippen molar-refractivity contribution in [2.24, 2.45) is 28.6 Å². The van der Waals surface area contributed by atoms with Crippen molar-refractivity contribution < 1.29 is 28.6 Å². The first-order valence-electron chi connectivity index (χ1n) is 13.8. The van der Waals surface area contributed by atoms with Crippen molar-refractivity contribution in [2.75, 3.05) is 19.8 Å². The van der Waals surface area contributed by atoms with Crippen LogP contribution in [0.1, 0.15) is 91.9 Å². The minimum absolute atomic E-state index is 0.0652. The van der Waals surface area contributed by atoms with Crippen molar-refractivity contribution in [2.45, 2.75) is 97.5 Å². The molecule has 0 spiro atoms. The molecule has 7 heteroatoms. The summed E-state index contributed by atoms with van der Waals surface area (Å²) in [5.74, 6) is 1.10. The number of carbonyl (C=O) groups is 3. The van der Waals surface area contributed by atoms with Gasteiger partial charge in [0.05, 0.1) is 6.61 Å². The first kappa shape index (κ1) is 27.4. The van der Waals surface area contributed by atoms with Crippen LogP contribution in [-0.2, 0) is 28.6 Å². The molecule has 0 radical (unpaired) electrons. The van der Waals surface area contributed by atoms with E-state index >= 15 is 0 Å². The number of ether oxygens (including phenoxy) is 3. The van der Waals surface area contributed by atoms with Crippen molar-refractivity contribution in [1.82, 2.24) is 0 Å². The van der Waals surface area contributed by atoms with Crippen molar-refractivity contribution in [3.05, 3.63) is 11.6 Å². The van der Waals surface area contributed by atoms with Crippen LogP contribution in [-0.4, -0.2) is 48.0 Å². The molecule has 4 rings (SSSR count). The first-order valence-corrected chi connectivity index (χ1v) is 14.2. The summed E-state index contributed by atoms with van der Waals surface area (Å²) in [7, 11) is 0. The molecule has 0 aliphatic heterocycles. The molecule has 0 bridgehead atoms. The molecular formula is C29H42O6S. The Bertz CT molecular complexity index is 942. The number of carbonyl (C=O) groups excluding carboxylic acids is 3. The molecule has 0 aromatic heterocycles. The molecular weight excluding hydrogens is 476 g/mol. The molecule has 0 N–H and O–H groups in total. The molecule has 0 amide bonds. The van der Waals surface area contributed by atoms with Gasteiger partial charge < -0.3 is 14.2 Å². The maximum atomic E-state index is 13.8. The van der Waals surface area contributed by atoms with Crippen molar-refractivity contribution in [3.63, 3.8) is 0 Å². The highest BCUT2D eigenvalue weighted by Crippen LogP contribution is 2.68. The van der Waals surface area contributed by atoms with Gasteiger partial charge in [0.1, 0.15) is 13.2 Å². The van der Waals surface area contributed by atoms with Gasteiger partial charge >= 0.3 is 5.97 Å². The molecule has 0 heterocycles. The molecule has 6 atom stereocenters. The van der Waals surface area contributed by atoms with Gasteiger partial charge in [-0.15, -0.1) is 0 Å². The smallest absolute Gasteiger partial charge is 0.306 e. The van der Waals surface area contributed by atoms with Gasteiger partial charge in [-0.1, -0.05) is 33.3 Å². The first-order chi connectivity index (χ1) is 17.1. The largest absolute Gasteiger partial charge is 0.485 e. The zero-order valence-corrected chi connectivity index (χ0v) is 23.2. The van der Waals surface area contributed by atoms with Gasteiger partial charge in [-0.25, -0.2) is 0 Å². The topological polar surface area (TPSA) is 78.9 Å². The van der Waals surface area contributed by atoms with E-state index in [2.05, 4.69) is 13.8 Å². The van der Waals surface area contributed by atoms with E-state index in [1.807, 2.05) is 13.0 Å². The Morgan fingerprint density at radius 2 is 1.75 bits per heavy atom. The fourth-order valence-corrected chi connectivity index (χ4v) is 8.19. The van der Waals surface area contributed by atoms with Crippen LogP contribution < -0.4 is 0 Å². The van der Waals surface area contributed by atoms with Crippen LogP contribution >= 0.6 is 12.2 Å². The lowest BCUT2D eigenvalue weighted by Gasteiger charge is -2.59. The maximum absolute atomic E-state index is 13.8. The van der Waals surface area contributed by atoms with E-state index in [9.17, 15) is 14.4 Å². The summed E-state index contributed by atoms with van der Waals surface area (Å²) in [5, 5.41) is 0.530. The number of fused-ring (bicyclic) bond motifs is 5. The van der Waals surface area contributed by atoms with Crippen LogP contribution in [0.4, 0.5) is 0 Å². The summed E-state index contributed by atoms with van der Waals surface area (Å²) < 4.78 is 17.3. The highest BCUT2D eigenvalue weighted by molar-refractivity contribution is 7.80. The molecule has 4 aliphatic carbocycles. The van der Waals surface area contributed by atoms with Gasteiger partial charge in [-0.05, 0) is 86.4 Å². The highest BCUT2D eigenvalue weighted by atomic mass is 32.1. The number of hydrogen-bond donors (Lipinski definition) is 0. The number of ketones is 2. The van der Waals surface area contributed by atoms with Crippen LogP contribution in [0.3, 0.4) is 0 Å². The highest BCUT2D eigenvalue weighted by Gasteiger charge is 2.68. The predicted molar refractivity (Wildman–Crippen MR) is 140 cm³/mol. The molecule has 0 aromatic carbocycles. The van der Waals surface area contributed by atoms with Gasteiger partial charge in [0.25, 0.3) is 0 Å². The molecule has 6 nitrogen and oxygen atoms in total. The van der Waals surface area contributed by atoms with E-state index in [0.717, 1.165) is 38.5 Å². The second-order valence-corrected chi connectivity index (χ2v) is 12.1. The minimum Gasteiger partial charge on any atom is -0.485 e. The van der Waals surface area contributed by atoms with Crippen molar-refractivity contribution in [3.8, 4) is 0 Å². The van der Waals surface area contributed by atoms with Gasteiger partial charge in [0.2, 0.25) is 5.78 Å². The third kappa shape index (κ3) is 4.59. The minimum atomic E-state index is -1.14. The molecule has 4 aliphatic rings. The average molecular weight is 519 g/mol. The summed E-state index contributed by atoms with van der Waals surface area (Å²) in [6, 6.07) is 0. The second kappa shape index (κ2) is 10.6. The monoisotopic (exact) mass is 518 g/mol. The number of allylic oxidation sites excluding steroid dienone is 1. The fraction of sp³-hybridized carbons (Fsp3) is 0.793. The van der Waals surface area contributed by atoms with Gasteiger partial charge in [-0.3, -0.25) is 14.4 Å². The maximum Gasteiger partial charge on any atom is 0.306 e. The number of hydrogen-bond acceptors (Lipinski definition) is 7. The predicted octanol–water partition coefficient (Wildman–Crippen LogP) is 5.55.